The van der Waals surface area contributed by atoms with Crippen molar-refractivity contribution < 1.29 is 4.52 Å². The molecule has 0 aliphatic carbocycles. The van der Waals surface area contributed by atoms with E-state index in [2.05, 4.69) is 25.4 Å². The molecule has 0 spiro atoms. The number of nitrogens with zero attached hydrogens (tertiary/aromatic N) is 4. The lowest BCUT2D eigenvalue weighted by Gasteiger charge is -2.01. The maximum Gasteiger partial charge on any atom is 0.270 e. The predicted octanol–water partition coefficient (Wildman–Crippen LogP) is 3.20. The first-order chi connectivity index (χ1) is 10.1. The number of benzene rings is 1. The second-order valence-corrected chi connectivity index (χ2v) is 4.89. The number of rotatable bonds is 3. The second kappa shape index (κ2) is 5.32. The van der Waals surface area contributed by atoms with Gasteiger partial charge in [-0.2, -0.15) is 4.98 Å². The third kappa shape index (κ3) is 3.05. The summed E-state index contributed by atoms with van der Waals surface area (Å²) in [6, 6.07) is 9.79. The summed E-state index contributed by atoms with van der Waals surface area (Å²) in [5.74, 6) is 1.27. The summed E-state index contributed by atoms with van der Waals surface area (Å²) >= 11 is 0. The summed E-state index contributed by atoms with van der Waals surface area (Å²) in [6.45, 7) is 5.84. The van der Waals surface area contributed by atoms with Crippen LogP contribution in [0, 0.1) is 20.8 Å². The molecule has 1 N–H and O–H groups in total. The molecule has 2 aromatic heterocycles. The van der Waals surface area contributed by atoms with E-state index in [-0.39, 0.29) is 0 Å². The predicted molar refractivity (Wildman–Crippen MR) is 79.3 cm³/mol. The van der Waals surface area contributed by atoms with Gasteiger partial charge in [-0.05, 0) is 44.1 Å². The Morgan fingerprint density at radius 1 is 0.905 bits per heavy atom. The minimum absolute atomic E-state index is 0.344. The molecule has 0 aliphatic heterocycles. The molecule has 0 saturated heterocycles. The molecule has 6 heteroatoms. The van der Waals surface area contributed by atoms with Crippen molar-refractivity contribution in [3.63, 3.8) is 0 Å². The number of hydrogen-bond acceptors (Lipinski definition) is 6. The van der Waals surface area contributed by atoms with Crippen molar-refractivity contribution in [1.29, 1.82) is 0 Å². The molecular formula is C15H15N5O. The SMILES string of the molecule is Cc1cccc(-c2nc(Nc3nc(C)cc(C)n3)no2)c1. The van der Waals surface area contributed by atoms with Gasteiger partial charge in [0.25, 0.3) is 11.8 Å². The maximum absolute atomic E-state index is 5.26. The fraction of sp³-hybridized carbons (Fsp3) is 0.200. The van der Waals surface area contributed by atoms with E-state index in [0.29, 0.717) is 17.8 Å². The first-order valence-corrected chi connectivity index (χ1v) is 6.60. The summed E-state index contributed by atoms with van der Waals surface area (Å²) < 4.78 is 5.26. The first-order valence-electron chi connectivity index (χ1n) is 6.60. The van der Waals surface area contributed by atoms with Crippen LogP contribution in [0.1, 0.15) is 17.0 Å². The van der Waals surface area contributed by atoms with E-state index < -0.39 is 0 Å². The molecule has 3 rings (SSSR count). The normalized spacial score (nSPS) is 10.6. The minimum atomic E-state index is 0.344. The minimum Gasteiger partial charge on any atom is -0.332 e. The van der Waals surface area contributed by atoms with Crippen molar-refractivity contribution in [1.82, 2.24) is 20.1 Å². The number of nitrogens with one attached hydrogen (secondary N) is 1. The molecule has 3 aromatic rings. The molecular weight excluding hydrogens is 266 g/mol. The monoisotopic (exact) mass is 281 g/mol. The first kappa shape index (κ1) is 13.2. The van der Waals surface area contributed by atoms with Crippen molar-refractivity contribution in [3.8, 4) is 11.5 Å². The van der Waals surface area contributed by atoms with Gasteiger partial charge in [-0.25, -0.2) is 9.97 Å². The lowest BCUT2D eigenvalue weighted by atomic mass is 10.1. The van der Waals surface area contributed by atoms with Gasteiger partial charge < -0.3 is 4.52 Å². The third-order valence-electron chi connectivity index (χ3n) is 2.90. The molecule has 1 aromatic carbocycles. The molecule has 0 amide bonds. The largest absolute Gasteiger partial charge is 0.332 e. The molecule has 106 valence electrons. The van der Waals surface area contributed by atoms with Gasteiger partial charge in [0.15, 0.2) is 0 Å². The van der Waals surface area contributed by atoms with E-state index in [1.807, 2.05) is 51.1 Å². The van der Waals surface area contributed by atoms with E-state index in [1.54, 1.807) is 0 Å². The smallest absolute Gasteiger partial charge is 0.270 e. The molecule has 0 radical (unpaired) electrons. The maximum atomic E-state index is 5.26. The molecule has 0 fully saturated rings. The third-order valence-corrected chi connectivity index (χ3v) is 2.90. The van der Waals surface area contributed by atoms with Crippen molar-refractivity contribution >= 4 is 11.9 Å². The quantitative estimate of drug-likeness (QED) is 0.794. The Morgan fingerprint density at radius 2 is 1.67 bits per heavy atom. The summed E-state index contributed by atoms with van der Waals surface area (Å²) in [5.41, 5.74) is 3.79. The molecule has 2 heterocycles. The van der Waals surface area contributed by atoms with Gasteiger partial charge in [0, 0.05) is 17.0 Å². The van der Waals surface area contributed by atoms with Gasteiger partial charge in [-0.3, -0.25) is 5.32 Å². The fourth-order valence-electron chi connectivity index (χ4n) is 2.05. The van der Waals surface area contributed by atoms with Crippen LogP contribution in [0.2, 0.25) is 0 Å². The van der Waals surface area contributed by atoms with Gasteiger partial charge in [-0.1, -0.05) is 17.7 Å². The molecule has 6 nitrogen and oxygen atoms in total. The van der Waals surface area contributed by atoms with Crippen LogP contribution in [-0.2, 0) is 0 Å². The highest BCUT2D eigenvalue weighted by Gasteiger charge is 2.10. The molecule has 0 unspecified atom stereocenters. The van der Waals surface area contributed by atoms with Crippen LogP contribution in [0.5, 0.6) is 0 Å². The van der Waals surface area contributed by atoms with Crippen LogP contribution in [-0.4, -0.2) is 20.1 Å². The molecule has 0 atom stereocenters. The highest BCUT2D eigenvalue weighted by Crippen LogP contribution is 2.20. The van der Waals surface area contributed by atoms with E-state index in [4.69, 9.17) is 4.52 Å². The number of aryl methyl sites for hydroxylation is 3. The van der Waals surface area contributed by atoms with E-state index in [9.17, 15) is 0 Å². The molecule has 0 aliphatic rings. The summed E-state index contributed by atoms with van der Waals surface area (Å²) in [6.07, 6.45) is 0. The Bertz CT molecular complexity index is 761. The van der Waals surface area contributed by atoms with Gasteiger partial charge >= 0.3 is 0 Å². The van der Waals surface area contributed by atoms with Crippen LogP contribution >= 0.6 is 0 Å². The van der Waals surface area contributed by atoms with Crippen LogP contribution in [0.25, 0.3) is 11.5 Å². The zero-order valence-corrected chi connectivity index (χ0v) is 12.1. The number of anilines is 2. The number of hydrogen-bond donors (Lipinski definition) is 1. The van der Waals surface area contributed by atoms with Gasteiger partial charge in [-0.15, -0.1) is 0 Å². The Kier molecular flexibility index (Phi) is 3.35. The van der Waals surface area contributed by atoms with Crippen LogP contribution in [0.3, 0.4) is 0 Å². The zero-order chi connectivity index (χ0) is 14.8. The standard InChI is InChI=1S/C15H15N5O/c1-9-5-4-6-12(7-9)13-18-15(20-21-13)19-14-16-10(2)8-11(3)17-14/h4-8H,1-3H3,(H,16,17,19,20). The van der Waals surface area contributed by atoms with Crippen molar-refractivity contribution in [3.05, 3.63) is 47.3 Å². The zero-order valence-electron chi connectivity index (χ0n) is 12.1. The van der Waals surface area contributed by atoms with E-state index in [0.717, 1.165) is 22.5 Å². The second-order valence-electron chi connectivity index (χ2n) is 4.89. The van der Waals surface area contributed by atoms with Gasteiger partial charge in [0.2, 0.25) is 5.95 Å². The van der Waals surface area contributed by atoms with Crippen molar-refractivity contribution in [2.45, 2.75) is 20.8 Å². The Morgan fingerprint density at radius 3 is 2.38 bits per heavy atom. The fourth-order valence-corrected chi connectivity index (χ4v) is 2.05. The topological polar surface area (TPSA) is 76.7 Å². The lowest BCUT2D eigenvalue weighted by Crippen LogP contribution is -2.01. The summed E-state index contributed by atoms with van der Waals surface area (Å²) in [4.78, 5) is 12.9. The average Bonchev–Trinajstić information content (AvgIpc) is 2.86. The van der Waals surface area contributed by atoms with Gasteiger partial charge in [0.1, 0.15) is 0 Å². The van der Waals surface area contributed by atoms with E-state index in [1.165, 1.54) is 0 Å². The van der Waals surface area contributed by atoms with Gasteiger partial charge in [0.05, 0.1) is 0 Å². The van der Waals surface area contributed by atoms with E-state index >= 15 is 0 Å². The lowest BCUT2D eigenvalue weighted by molar-refractivity contribution is 0.432. The summed E-state index contributed by atoms with van der Waals surface area (Å²) in [7, 11) is 0. The molecule has 0 saturated carbocycles. The number of aromatic nitrogens is 4. The van der Waals surface area contributed by atoms with Crippen LogP contribution < -0.4 is 5.32 Å². The average molecular weight is 281 g/mol. The van der Waals surface area contributed by atoms with Crippen LogP contribution in [0.4, 0.5) is 11.9 Å². The highest BCUT2D eigenvalue weighted by atomic mass is 16.5. The molecule has 21 heavy (non-hydrogen) atoms. The summed E-state index contributed by atoms with van der Waals surface area (Å²) in [5, 5.41) is 6.85. The van der Waals surface area contributed by atoms with Crippen molar-refractivity contribution in [2.75, 3.05) is 5.32 Å². The highest BCUT2D eigenvalue weighted by molar-refractivity contribution is 5.56. The van der Waals surface area contributed by atoms with Crippen LogP contribution in [0.15, 0.2) is 34.9 Å². The van der Waals surface area contributed by atoms with Crippen molar-refractivity contribution in [2.24, 2.45) is 0 Å². The Hall–Kier alpha value is -2.76. The Labute approximate surface area is 122 Å². The Balaban J connectivity index is 1.85. The molecule has 0 bridgehead atoms.